The molecule has 16 nitrogen and oxygen atoms in total. The van der Waals surface area contributed by atoms with Crippen molar-refractivity contribution in [3.63, 3.8) is 0 Å². The summed E-state index contributed by atoms with van der Waals surface area (Å²) in [6.45, 7) is 10.2. The molecule has 8 N–H and O–H groups in total. The van der Waals surface area contributed by atoms with Crippen LogP contribution in [0.15, 0.2) is 42.5 Å². The van der Waals surface area contributed by atoms with Crippen molar-refractivity contribution in [1.82, 2.24) is 31.9 Å². The molecule has 0 saturated carbocycles. The smallest absolute Gasteiger partial charge is 0.408 e. The van der Waals surface area contributed by atoms with E-state index in [0.717, 1.165) is 5.56 Å². The summed E-state index contributed by atoms with van der Waals surface area (Å²) < 4.78 is 10.6. The van der Waals surface area contributed by atoms with E-state index in [9.17, 15) is 33.9 Å². The van der Waals surface area contributed by atoms with Gasteiger partial charge in [-0.05, 0) is 88.8 Å². The van der Waals surface area contributed by atoms with Crippen LogP contribution < -0.4 is 31.9 Å². The third-order valence-corrected chi connectivity index (χ3v) is 7.52. The number of ether oxygens (including phenoxy) is 2. The van der Waals surface area contributed by atoms with Crippen LogP contribution in [0.3, 0.4) is 0 Å². The van der Waals surface area contributed by atoms with Gasteiger partial charge in [-0.25, -0.2) is 14.4 Å². The molecule has 4 bridgehead atoms. The molecule has 6 amide bonds. The van der Waals surface area contributed by atoms with Gasteiger partial charge in [0.25, 0.3) is 0 Å². The van der Waals surface area contributed by atoms with Crippen molar-refractivity contribution >= 4 is 36.0 Å². The fourth-order valence-corrected chi connectivity index (χ4v) is 5.23. The van der Waals surface area contributed by atoms with Gasteiger partial charge in [0, 0.05) is 32.5 Å². The van der Waals surface area contributed by atoms with Crippen molar-refractivity contribution in [2.24, 2.45) is 0 Å². The largest absolute Gasteiger partial charge is 0.508 e. The topological polar surface area (TPSA) is 234 Å². The van der Waals surface area contributed by atoms with Crippen molar-refractivity contribution in [1.29, 1.82) is 0 Å². The first-order valence-corrected chi connectivity index (χ1v) is 17.0. The van der Waals surface area contributed by atoms with Crippen molar-refractivity contribution in [3.05, 3.63) is 53.6 Å². The average Bonchev–Trinajstić information content (AvgIpc) is 3.02. The number of nitrogens with one attached hydrogen (secondary N) is 6. The fraction of sp³-hybridized carbons (Fsp3) is 0.500. The molecule has 0 fully saturated rings. The lowest BCUT2D eigenvalue weighted by Crippen LogP contribution is -2.58. The Morgan fingerprint density at radius 3 is 2.12 bits per heavy atom. The molecule has 0 saturated heterocycles. The Kier molecular flexibility index (Phi) is 14.2. The SMILES string of the molecule is CC(C)(C)OC(=O)NCCNC(=O)[C@@H]1Cc2cccc(c2)-c2ccc(O)c(c2)C[C@H](NC(=O)OC(C)(C)C)C(=O)N[C@@H](CCCNC(=O)O)C(=O)N1. The second-order valence-corrected chi connectivity index (χ2v) is 14.4. The Morgan fingerprint density at radius 1 is 0.788 bits per heavy atom. The van der Waals surface area contributed by atoms with E-state index >= 15 is 0 Å². The molecular formula is C36H50N6O10. The third kappa shape index (κ3) is 14.0. The summed E-state index contributed by atoms with van der Waals surface area (Å²) in [5, 5.41) is 35.2. The molecule has 16 heteroatoms. The lowest BCUT2D eigenvalue weighted by atomic mass is 9.96. The Morgan fingerprint density at radius 2 is 1.44 bits per heavy atom. The van der Waals surface area contributed by atoms with Gasteiger partial charge < -0.3 is 51.6 Å². The number of rotatable bonds is 9. The number of hydrogen-bond acceptors (Lipinski definition) is 9. The zero-order chi connectivity index (χ0) is 38.6. The fourth-order valence-electron chi connectivity index (χ4n) is 5.23. The average molecular weight is 727 g/mol. The highest BCUT2D eigenvalue weighted by molar-refractivity contribution is 5.94. The second kappa shape index (κ2) is 18.1. The van der Waals surface area contributed by atoms with Gasteiger partial charge in [0.2, 0.25) is 17.7 Å². The molecule has 1 heterocycles. The molecular weight excluding hydrogens is 676 g/mol. The normalized spacial score (nSPS) is 17.9. The van der Waals surface area contributed by atoms with Crippen LogP contribution in [0.5, 0.6) is 5.75 Å². The molecule has 3 atom stereocenters. The molecule has 0 aromatic heterocycles. The molecule has 0 aliphatic carbocycles. The van der Waals surface area contributed by atoms with E-state index < -0.39 is 65.3 Å². The lowest BCUT2D eigenvalue weighted by molar-refractivity contribution is -0.132. The van der Waals surface area contributed by atoms with Crippen LogP contribution in [-0.2, 0) is 36.7 Å². The zero-order valence-corrected chi connectivity index (χ0v) is 30.4. The highest BCUT2D eigenvalue weighted by Crippen LogP contribution is 2.28. The zero-order valence-electron chi connectivity index (χ0n) is 30.4. The highest BCUT2D eigenvalue weighted by atomic mass is 16.6. The summed E-state index contributed by atoms with van der Waals surface area (Å²) in [6, 6.07) is 8.36. The number of carboxylic acid groups (broad SMARTS) is 1. The number of benzene rings is 2. The maximum absolute atomic E-state index is 13.9. The van der Waals surface area contributed by atoms with E-state index in [4.69, 9.17) is 14.6 Å². The van der Waals surface area contributed by atoms with E-state index in [1.165, 1.54) is 6.07 Å². The number of fused-ring (bicyclic) bond motifs is 5. The number of hydrogen-bond donors (Lipinski definition) is 8. The summed E-state index contributed by atoms with van der Waals surface area (Å²) in [5.74, 6) is -2.21. The van der Waals surface area contributed by atoms with Crippen LogP contribution in [0, 0.1) is 0 Å². The molecule has 284 valence electrons. The number of aromatic hydroxyl groups is 1. The van der Waals surface area contributed by atoms with Crippen molar-refractivity contribution < 1.29 is 48.5 Å². The summed E-state index contributed by atoms with van der Waals surface area (Å²) in [6.07, 6.45) is -2.87. The number of phenolic OH excluding ortho intramolecular Hbond substituents is 1. The third-order valence-electron chi connectivity index (χ3n) is 7.52. The lowest BCUT2D eigenvalue weighted by Gasteiger charge is -2.26. The quantitative estimate of drug-likeness (QED) is 0.176. The minimum atomic E-state index is -1.32. The van der Waals surface area contributed by atoms with Crippen LogP contribution >= 0.6 is 0 Å². The van der Waals surface area contributed by atoms with E-state index in [1.54, 1.807) is 65.8 Å². The van der Waals surface area contributed by atoms with Gasteiger partial charge in [-0.2, -0.15) is 0 Å². The first kappa shape index (κ1) is 40.9. The maximum Gasteiger partial charge on any atom is 0.408 e. The Hall–Kier alpha value is -5.54. The van der Waals surface area contributed by atoms with Gasteiger partial charge in [0.1, 0.15) is 35.1 Å². The summed E-state index contributed by atoms with van der Waals surface area (Å²) >= 11 is 0. The van der Waals surface area contributed by atoms with Gasteiger partial charge in [0.05, 0.1) is 0 Å². The highest BCUT2D eigenvalue weighted by Gasteiger charge is 2.32. The minimum Gasteiger partial charge on any atom is -0.508 e. The monoisotopic (exact) mass is 726 g/mol. The molecule has 3 rings (SSSR count). The predicted octanol–water partition coefficient (Wildman–Crippen LogP) is 2.71. The molecule has 0 spiro atoms. The standard InChI is InChI=1S/C36H50N6O10/c1-35(2,3)51-33(49)39-16-15-37-29(44)26-18-21-9-7-10-22(17-21)23-12-13-28(43)24(19-23)20-27(42-34(50)52-36(4,5)6)31(46)40-25(30(45)41-26)11-8-14-38-32(47)48/h7,9-10,12-13,17,19,25-27,38,43H,8,11,14-16,18,20H2,1-6H3,(H,37,44)(H,39,49)(H,40,46)(H,41,45)(H,42,50)(H,47,48)/t25-,26-,27-/m0/s1. The molecule has 0 radical (unpaired) electrons. The van der Waals surface area contributed by atoms with Crippen LogP contribution in [0.4, 0.5) is 14.4 Å². The van der Waals surface area contributed by atoms with E-state index in [1.807, 2.05) is 12.1 Å². The molecule has 52 heavy (non-hydrogen) atoms. The van der Waals surface area contributed by atoms with Gasteiger partial charge in [-0.15, -0.1) is 0 Å². The summed E-state index contributed by atoms with van der Waals surface area (Å²) in [4.78, 5) is 77.3. The summed E-state index contributed by atoms with van der Waals surface area (Å²) in [7, 11) is 0. The Bertz CT molecular complexity index is 1620. The van der Waals surface area contributed by atoms with Gasteiger partial charge in [-0.1, -0.05) is 30.3 Å². The Labute approximate surface area is 302 Å². The van der Waals surface area contributed by atoms with E-state index in [2.05, 4.69) is 31.9 Å². The molecule has 1 aliphatic rings. The van der Waals surface area contributed by atoms with Crippen LogP contribution in [0.1, 0.15) is 65.5 Å². The first-order chi connectivity index (χ1) is 24.3. The van der Waals surface area contributed by atoms with Gasteiger partial charge in [-0.3, -0.25) is 14.4 Å². The molecule has 2 aromatic rings. The predicted molar refractivity (Wildman–Crippen MR) is 190 cm³/mol. The second-order valence-electron chi connectivity index (χ2n) is 14.4. The van der Waals surface area contributed by atoms with E-state index in [-0.39, 0.29) is 51.1 Å². The number of amides is 6. The van der Waals surface area contributed by atoms with Crippen LogP contribution in [0.2, 0.25) is 0 Å². The van der Waals surface area contributed by atoms with Crippen LogP contribution in [-0.4, -0.2) is 95.2 Å². The minimum absolute atomic E-state index is 0.0137. The van der Waals surface area contributed by atoms with E-state index in [0.29, 0.717) is 16.7 Å². The van der Waals surface area contributed by atoms with Crippen molar-refractivity contribution in [3.8, 4) is 16.9 Å². The number of phenols is 1. The molecule has 0 unspecified atom stereocenters. The van der Waals surface area contributed by atoms with Crippen LogP contribution in [0.25, 0.3) is 11.1 Å². The summed E-state index contributed by atoms with van der Waals surface area (Å²) in [5.41, 5.74) is 0.824. The molecule has 1 aliphatic heterocycles. The van der Waals surface area contributed by atoms with Crippen molar-refractivity contribution in [2.45, 2.75) is 96.6 Å². The van der Waals surface area contributed by atoms with Gasteiger partial charge in [0.15, 0.2) is 0 Å². The number of carbonyl (C=O) groups excluding carboxylic acids is 5. The van der Waals surface area contributed by atoms with Crippen molar-refractivity contribution in [2.75, 3.05) is 19.6 Å². The maximum atomic E-state index is 13.9. The molecule has 2 aromatic carbocycles. The number of carbonyl (C=O) groups is 6. The van der Waals surface area contributed by atoms with Gasteiger partial charge >= 0.3 is 18.3 Å². The first-order valence-electron chi connectivity index (χ1n) is 17.0. The Balaban J connectivity index is 1.98. The number of alkyl carbamates (subject to hydrolysis) is 2.